The highest BCUT2D eigenvalue weighted by Crippen LogP contribution is 2.41. The van der Waals surface area contributed by atoms with Crippen LogP contribution < -0.4 is 10.1 Å². The molecule has 0 bridgehead atoms. The van der Waals surface area contributed by atoms with Crippen molar-refractivity contribution in [3.05, 3.63) is 58.2 Å². The minimum absolute atomic E-state index is 0.0929. The summed E-state index contributed by atoms with van der Waals surface area (Å²) in [6.45, 7) is 10.6. The summed E-state index contributed by atoms with van der Waals surface area (Å²) in [6, 6.07) is 4.68. The van der Waals surface area contributed by atoms with Gasteiger partial charge in [-0.05, 0) is 74.8 Å². The van der Waals surface area contributed by atoms with E-state index in [0.29, 0.717) is 29.1 Å². The molecule has 0 aliphatic heterocycles. The lowest BCUT2D eigenvalue weighted by molar-refractivity contribution is 0.0944. The summed E-state index contributed by atoms with van der Waals surface area (Å²) in [6.07, 6.45) is 7.28. The van der Waals surface area contributed by atoms with Crippen LogP contribution in [0.2, 0.25) is 0 Å². The van der Waals surface area contributed by atoms with E-state index in [1.54, 1.807) is 25.1 Å². The zero-order valence-electron chi connectivity index (χ0n) is 18.8. The summed E-state index contributed by atoms with van der Waals surface area (Å²) >= 11 is 0. The molecule has 0 radical (unpaired) electrons. The van der Waals surface area contributed by atoms with Crippen LogP contribution in [-0.4, -0.2) is 30.8 Å². The van der Waals surface area contributed by atoms with Crippen LogP contribution in [0.25, 0.3) is 5.83 Å². The summed E-state index contributed by atoms with van der Waals surface area (Å²) in [4.78, 5) is 12.1. The van der Waals surface area contributed by atoms with E-state index >= 15 is 4.39 Å². The number of rotatable bonds is 8. The molecule has 1 amide bonds. The van der Waals surface area contributed by atoms with Crippen molar-refractivity contribution in [2.45, 2.75) is 53.9 Å². The standard InChI is InChI=1S/C25H34FNO3/c1-6-30-22-16-19(24(29)27-14-15-28)10-11-20(22)23(26)18(3)9-12-21-17(2)8-7-13-25(21,4)5/h9-12,16,28H,6-8,13-15H2,1-5H3,(H,27,29)/b12-9+,23-18-. The van der Waals surface area contributed by atoms with Gasteiger partial charge in [0.05, 0.1) is 18.8 Å². The number of carbonyl (C=O) groups is 1. The minimum Gasteiger partial charge on any atom is -0.493 e. The molecule has 0 heterocycles. The summed E-state index contributed by atoms with van der Waals surface area (Å²) in [5, 5.41) is 11.5. The Bertz CT molecular complexity index is 865. The van der Waals surface area contributed by atoms with Crippen molar-refractivity contribution in [1.82, 2.24) is 5.32 Å². The van der Waals surface area contributed by atoms with Gasteiger partial charge in [-0.2, -0.15) is 0 Å². The second-order valence-electron chi connectivity index (χ2n) is 8.39. The summed E-state index contributed by atoms with van der Waals surface area (Å²) in [5.41, 5.74) is 3.93. The van der Waals surface area contributed by atoms with Gasteiger partial charge in [-0.3, -0.25) is 4.79 Å². The number of allylic oxidation sites excluding steroid dienone is 5. The Morgan fingerprint density at radius 2 is 2.10 bits per heavy atom. The minimum atomic E-state index is -0.371. The molecule has 0 saturated heterocycles. The Kier molecular flexibility index (Phi) is 8.42. The van der Waals surface area contributed by atoms with Crippen LogP contribution in [0, 0.1) is 5.41 Å². The van der Waals surface area contributed by atoms with E-state index in [1.807, 2.05) is 19.1 Å². The fraction of sp³-hybridized carbons (Fsp3) is 0.480. The molecule has 0 fully saturated rings. The maximum Gasteiger partial charge on any atom is 0.251 e. The van der Waals surface area contributed by atoms with Gasteiger partial charge in [-0.1, -0.05) is 31.6 Å². The molecule has 1 aliphatic rings. The van der Waals surface area contributed by atoms with Crippen LogP contribution in [0.5, 0.6) is 5.75 Å². The predicted molar refractivity (Wildman–Crippen MR) is 120 cm³/mol. The van der Waals surface area contributed by atoms with Crippen molar-refractivity contribution in [2.75, 3.05) is 19.8 Å². The predicted octanol–water partition coefficient (Wildman–Crippen LogP) is 5.59. The van der Waals surface area contributed by atoms with Crippen LogP contribution in [-0.2, 0) is 0 Å². The van der Waals surface area contributed by atoms with E-state index in [9.17, 15) is 4.79 Å². The van der Waals surface area contributed by atoms with E-state index in [2.05, 4.69) is 26.1 Å². The zero-order valence-corrected chi connectivity index (χ0v) is 18.8. The fourth-order valence-corrected chi connectivity index (χ4v) is 3.90. The third kappa shape index (κ3) is 5.82. The van der Waals surface area contributed by atoms with E-state index in [1.165, 1.54) is 17.6 Å². The van der Waals surface area contributed by atoms with E-state index in [-0.39, 0.29) is 30.3 Å². The SMILES string of the molecule is CCOc1cc(C(=O)NCCO)ccc1/C(F)=C(C)/C=C/C1=C(C)CCCC1(C)C. The molecule has 0 atom stereocenters. The number of ether oxygens (including phenoxy) is 1. The average Bonchev–Trinajstić information content (AvgIpc) is 2.70. The topological polar surface area (TPSA) is 58.6 Å². The maximum atomic E-state index is 15.3. The number of aliphatic hydroxyl groups excluding tert-OH is 1. The molecular formula is C25H34FNO3. The van der Waals surface area contributed by atoms with Crippen LogP contribution in [0.3, 0.4) is 0 Å². The van der Waals surface area contributed by atoms with Gasteiger partial charge in [0.15, 0.2) is 0 Å². The van der Waals surface area contributed by atoms with Gasteiger partial charge < -0.3 is 15.2 Å². The van der Waals surface area contributed by atoms with Gasteiger partial charge in [0.1, 0.15) is 11.6 Å². The molecule has 1 aromatic carbocycles. The molecule has 4 nitrogen and oxygen atoms in total. The van der Waals surface area contributed by atoms with E-state index < -0.39 is 0 Å². The van der Waals surface area contributed by atoms with Crippen molar-refractivity contribution >= 4 is 11.7 Å². The fourth-order valence-electron chi connectivity index (χ4n) is 3.90. The number of benzene rings is 1. The zero-order chi connectivity index (χ0) is 22.3. The lowest BCUT2D eigenvalue weighted by Gasteiger charge is -2.33. The molecule has 0 unspecified atom stereocenters. The van der Waals surface area contributed by atoms with Crippen molar-refractivity contribution in [2.24, 2.45) is 5.41 Å². The van der Waals surface area contributed by atoms with Gasteiger partial charge in [-0.25, -0.2) is 4.39 Å². The van der Waals surface area contributed by atoms with Crippen LogP contribution in [0.15, 0.2) is 47.1 Å². The quantitative estimate of drug-likeness (QED) is 0.544. The van der Waals surface area contributed by atoms with Gasteiger partial charge in [0.25, 0.3) is 5.91 Å². The Hall–Kier alpha value is -2.40. The maximum absolute atomic E-state index is 15.3. The lowest BCUT2D eigenvalue weighted by atomic mass is 9.72. The largest absolute Gasteiger partial charge is 0.493 e. The summed E-state index contributed by atoms with van der Waals surface area (Å²) in [7, 11) is 0. The smallest absolute Gasteiger partial charge is 0.251 e. The van der Waals surface area contributed by atoms with E-state index in [0.717, 1.165) is 12.8 Å². The van der Waals surface area contributed by atoms with Gasteiger partial charge >= 0.3 is 0 Å². The number of nitrogens with one attached hydrogen (secondary N) is 1. The van der Waals surface area contributed by atoms with Gasteiger partial charge in [0.2, 0.25) is 0 Å². The monoisotopic (exact) mass is 415 g/mol. The lowest BCUT2D eigenvalue weighted by Crippen LogP contribution is -2.26. The number of halogens is 1. The molecule has 164 valence electrons. The Morgan fingerprint density at radius 3 is 2.73 bits per heavy atom. The molecular weight excluding hydrogens is 381 g/mol. The molecule has 2 N–H and O–H groups in total. The first-order chi connectivity index (χ1) is 14.2. The number of amides is 1. The summed E-state index contributed by atoms with van der Waals surface area (Å²) < 4.78 is 20.9. The first kappa shape index (κ1) is 23.9. The molecule has 0 spiro atoms. The van der Waals surface area contributed by atoms with E-state index in [4.69, 9.17) is 9.84 Å². The molecule has 0 aromatic heterocycles. The number of hydrogen-bond donors (Lipinski definition) is 2. The highest BCUT2D eigenvalue weighted by atomic mass is 19.1. The van der Waals surface area contributed by atoms with Crippen molar-refractivity contribution < 1.29 is 19.0 Å². The first-order valence-electron chi connectivity index (χ1n) is 10.6. The molecule has 5 heteroatoms. The Balaban J connectivity index is 2.36. The number of aliphatic hydroxyl groups is 1. The molecule has 1 aromatic rings. The normalized spacial score (nSPS) is 17.2. The van der Waals surface area contributed by atoms with Crippen LogP contribution >= 0.6 is 0 Å². The van der Waals surface area contributed by atoms with Gasteiger partial charge in [-0.15, -0.1) is 0 Å². The highest BCUT2D eigenvalue weighted by Gasteiger charge is 2.26. The molecule has 2 rings (SSSR count). The van der Waals surface area contributed by atoms with Gasteiger partial charge in [0, 0.05) is 12.1 Å². The molecule has 0 saturated carbocycles. The number of hydrogen-bond acceptors (Lipinski definition) is 3. The van der Waals surface area contributed by atoms with Crippen LogP contribution in [0.1, 0.15) is 69.8 Å². The average molecular weight is 416 g/mol. The van der Waals surface area contributed by atoms with Crippen molar-refractivity contribution in [3.8, 4) is 5.75 Å². The highest BCUT2D eigenvalue weighted by molar-refractivity contribution is 5.95. The molecule has 1 aliphatic carbocycles. The summed E-state index contributed by atoms with van der Waals surface area (Å²) in [5.74, 6) is -0.379. The van der Waals surface area contributed by atoms with Crippen molar-refractivity contribution in [3.63, 3.8) is 0 Å². The third-order valence-corrected chi connectivity index (χ3v) is 5.57. The number of carbonyl (C=O) groups excluding carboxylic acids is 1. The molecule has 30 heavy (non-hydrogen) atoms. The van der Waals surface area contributed by atoms with Crippen LogP contribution in [0.4, 0.5) is 4.39 Å². The Morgan fingerprint density at radius 1 is 1.37 bits per heavy atom. The Labute approximate surface area is 179 Å². The second kappa shape index (κ2) is 10.6. The van der Waals surface area contributed by atoms with Crippen molar-refractivity contribution in [1.29, 1.82) is 0 Å². The third-order valence-electron chi connectivity index (χ3n) is 5.57. The second-order valence-corrected chi connectivity index (χ2v) is 8.39. The first-order valence-corrected chi connectivity index (χ1v) is 10.6.